The number of esters is 1. The van der Waals surface area contributed by atoms with Crippen LogP contribution in [0.3, 0.4) is 0 Å². The van der Waals surface area contributed by atoms with Gasteiger partial charge in [0, 0.05) is 0 Å². The van der Waals surface area contributed by atoms with Crippen molar-refractivity contribution in [3.63, 3.8) is 0 Å². The Bertz CT molecular complexity index is 234. The first-order valence-electron chi connectivity index (χ1n) is 5.52. The number of hydrogen-bond acceptors (Lipinski definition) is 4. The van der Waals surface area contributed by atoms with Gasteiger partial charge in [0.05, 0.1) is 11.9 Å². The summed E-state index contributed by atoms with van der Waals surface area (Å²) < 4.78 is 4.91. The fourth-order valence-electron chi connectivity index (χ4n) is 1.75. The van der Waals surface area contributed by atoms with E-state index in [4.69, 9.17) is 4.74 Å². The first-order valence-corrected chi connectivity index (χ1v) is 6.57. The van der Waals surface area contributed by atoms with Gasteiger partial charge in [-0.1, -0.05) is 6.92 Å². The van der Waals surface area contributed by atoms with Crippen LogP contribution < -0.4 is 0 Å². The molecule has 1 aliphatic rings. The molecule has 0 aromatic carbocycles. The molecule has 3 nitrogen and oxygen atoms in total. The second kappa shape index (κ2) is 6.16. The fraction of sp³-hybridized carbons (Fsp3) is 0.818. The molecule has 86 valence electrons. The van der Waals surface area contributed by atoms with Crippen molar-refractivity contribution >= 4 is 23.5 Å². The van der Waals surface area contributed by atoms with Crippen LogP contribution in [0.15, 0.2) is 0 Å². The quantitative estimate of drug-likeness (QED) is 0.535. The predicted molar refractivity (Wildman–Crippen MR) is 60.9 cm³/mol. The number of ether oxygens (including phenoxy) is 1. The lowest BCUT2D eigenvalue weighted by Gasteiger charge is -2.15. The van der Waals surface area contributed by atoms with Gasteiger partial charge in [-0.05, 0) is 31.9 Å². The molecule has 4 heteroatoms. The van der Waals surface area contributed by atoms with Crippen molar-refractivity contribution in [3.05, 3.63) is 0 Å². The van der Waals surface area contributed by atoms with E-state index in [2.05, 4.69) is 0 Å². The largest absolute Gasteiger partial charge is 0.465 e. The van der Waals surface area contributed by atoms with Crippen molar-refractivity contribution in [3.8, 4) is 0 Å². The summed E-state index contributed by atoms with van der Waals surface area (Å²) in [7, 11) is 0. The third kappa shape index (κ3) is 3.23. The standard InChI is InChI=1S/C11H18O3S/c1-3-8(11(13)14-4-2)10(12)9-6-5-7-15-9/h8-9H,3-7H2,1-2H3. The molecule has 1 saturated heterocycles. The average molecular weight is 230 g/mol. The minimum absolute atomic E-state index is 0.0272. The van der Waals surface area contributed by atoms with Crippen LogP contribution in [0.4, 0.5) is 0 Å². The maximum atomic E-state index is 12.0. The molecule has 2 unspecified atom stereocenters. The van der Waals surface area contributed by atoms with Crippen LogP contribution in [0.5, 0.6) is 0 Å². The Labute approximate surface area is 94.9 Å². The summed E-state index contributed by atoms with van der Waals surface area (Å²) in [5.74, 6) is 0.215. The second-order valence-electron chi connectivity index (χ2n) is 3.62. The van der Waals surface area contributed by atoms with Gasteiger partial charge in [-0.3, -0.25) is 9.59 Å². The number of thioether (sulfide) groups is 1. The molecule has 0 aromatic heterocycles. The smallest absolute Gasteiger partial charge is 0.316 e. The molecule has 0 aliphatic carbocycles. The first kappa shape index (κ1) is 12.6. The molecule has 1 heterocycles. The minimum Gasteiger partial charge on any atom is -0.465 e. The molecule has 15 heavy (non-hydrogen) atoms. The zero-order valence-corrected chi connectivity index (χ0v) is 10.1. The summed E-state index contributed by atoms with van der Waals surface area (Å²) in [6.45, 7) is 3.97. The lowest BCUT2D eigenvalue weighted by Crippen LogP contribution is -2.31. The second-order valence-corrected chi connectivity index (χ2v) is 4.93. The highest BCUT2D eigenvalue weighted by Crippen LogP contribution is 2.29. The number of rotatable bonds is 5. The molecule has 0 radical (unpaired) electrons. The van der Waals surface area contributed by atoms with E-state index in [1.807, 2.05) is 6.92 Å². The Kier molecular flexibility index (Phi) is 5.15. The topological polar surface area (TPSA) is 43.4 Å². The van der Waals surface area contributed by atoms with Gasteiger partial charge in [-0.25, -0.2) is 0 Å². The van der Waals surface area contributed by atoms with Crippen LogP contribution in [-0.2, 0) is 14.3 Å². The highest BCUT2D eigenvalue weighted by Gasteiger charge is 2.33. The molecule has 0 N–H and O–H groups in total. The summed E-state index contributed by atoms with van der Waals surface area (Å²) in [5, 5.41) is 0.0272. The van der Waals surface area contributed by atoms with Crippen LogP contribution in [0.1, 0.15) is 33.1 Å². The maximum Gasteiger partial charge on any atom is 0.316 e. The van der Waals surface area contributed by atoms with Crippen molar-refractivity contribution in [1.29, 1.82) is 0 Å². The van der Waals surface area contributed by atoms with Gasteiger partial charge in [0.1, 0.15) is 5.92 Å². The third-order valence-corrected chi connectivity index (χ3v) is 3.96. The van der Waals surface area contributed by atoms with Crippen LogP contribution in [0.25, 0.3) is 0 Å². The number of carbonyl (C=O) groups is 2. The molecule has 0 aromatic rings. The lowest BCUT2D eigenvalue weighted by atomic mass is 9.97. The van der Waals surface area contributed by atoms with Crippen LogP contribution in [0, 0.1) is 5.92 Å². The molecule has 1 rings (SSSR count). The lowest BCUT2D eigenvalue weighted by molar-refractivity contribution is -0.151. The minimum atomic E-state index is -0.541. The summed E-state index contributed by atoms with van der Waals surface area (Å²) in [5.41, 5.74) is 0. The van der Waals surface area contributed by atoms with Gasteiger partial charge in [0.2, 0.25) is 0 Å². The normalized spacial score (nSPS) is 22.4. The van der Waals surface area contributed by atoms with E-state index in [0.717, 1.165) is 18.6 Å². The Balaban J connectivity index is 2.56. The van der Waals surface area contributed by atoms with E-state index in [-0.39, 0.29) is 17.0 Å². The van der Waals surface area contributed by atoms with Crippen molar-refractivity contribution in [2.24, 2.45) is 5.92 Å². The number of carbonyl (C=O) groups excluding carboxylic acids is 2. The molecule has 1 fully saturated rings. The third-order valence-electron chi connectivity index (χ3n) is 2.57. The summed E-state index contributed by atoms with van der Waals surface area (Å²) in [6, 6.07) is 0. The fourth-order valence-corrected chi connectivity index (χ4v) is 3.03. The molecule has 2 atom stereocenters. The number of ketones is 1. The highest BCUT2D eigenvalue weighted by atomic mass is 32.2. The molecule has 0 spiro atoms. The van der Waals surface area contributed by atoms with Gasteiger partial charge in [0.25, 0.3) is 0 Å². The summed E-state index contributed by atoms with van der Waals surface area (Å²) >= 11 is 1.67. The first-order chi connectivity index (χ1) is 7.20. The Hall–Kier alpha value is -0.510. The van der Waals surface area contributed by atoms with Crippen molar-refractivity contribution in [1.82, 2.24) is 0 Å². The van der Waals surface area contributed by atoms with Crippen LogP contribution in [0.2, 0.25) is 0 Å². The number of Topliss-reactive ketones (excluding diaryl/α,β-unsaturated/α-hetero) is 1. The Morgan fingerprint density at radius 3 is 2.67 bits per heavy atom. The summed E-state index contributed by atoms with van der Waals surface area (Å²) in [4.78, 5) is 23.5. The van der Waals surface area contributed by atoms with Crippen molar-refractivity contribution < 1.29 is 14.3 Å². The molecular weight excluding hydrogens is 212 g/mol. The highest BCUT2D eigenvalue weighted by molar-refractivity contribution is 8.00. The van der Waals surface area contributed by atoms with E-state index < -0.39 is 5.92 Å². The Morgan fingerprint density at radius 2 is 2.20 bits per heavy atom. The van der Waals surface area contributed by atoms with E-state index in [9.17, 15) is 9.59 Å². The average Bonchev–Trinajstić information content (AvgIpc) is 2.71. The predicted octanol–water partition coefficient (Wildman–Crippen LogP) is 2.04. The molecule has 0 saturated carbocycles. The zero-order chi connectivity index (χ0) is 11.3. The van der Waals surface area contributed by atoms with Crippen molar-refractivity contribution in [2.45, 2.75) is 38.4 Å². The monoisotopic (exact) mass is 230 g/mol. The van der Waals surface area contributed by atoms with Gasteiger partial charge in [-0.15, -0.1) is 0 Å². The van der Waals surface area contributed by atoms with Gasteiger partial charge in [-0.2, -0.15) is 11.8 Å². The molecule has 1 aliphatic heterocycles. The number of hydrogen-bond donors (Lipinski definition) is 0. The molecule has 0 amide bonds. The van der Waals surface area contributed by atoms with E-state index in [1.165, 1.54) is 0 Å². The van der Waals surface area contributed by atoms with Crippen molar-refractivity contribution in [2.75, 3.05) is 12.4 Å². The zero-order valence-electron chi connectivity index (χ0n) is 9.32. The van der Waals surface area contributed by atoms with E-state index >= 15 is 0 Å². The maximum absolute atomic E-state index is 12.0. The van der Waals surface area contributed by atoms with E-state index in [1.54, 1.807) is 18.7 Å². The van der Waals surface area contributed by atoms with Crippen LogP contribution in [-0.4, -0.2) is 29.4 Å². The summed E-state index contributed by atoms with van der Waals surface area (Å²) in [6.07, 6.45) is 2.55. The molecule has 0 bridgehead atoms. The Morgan fingerprint density at radius 1 is 1.47 bits per heavy atom. The van der Waals surface area contributed by atoms with Crippen LogP contribution >= 0.6 is 11.8 Å². The van der Waals surface area contributed by atoms with Gasteiger partial charge >= 0.3 is 5.97 Å². The SMILES string of the molecule is CCOC(=O)C(CC)C(=O)C1CCCS1. The van der Waals surface area contributed by atoms with Gasteiger partial charge in [0.15, 0.2) is 5.78 Å². The molecular formula is C11H18O3S. The van der Waals surface area contributed by atoms with E-state index in [0.29, 0.717) is 13.0 Å². The van der Waals surface area contributed by atoms with Gasteiger partial charge < -0.3 is 4.74 Å².